The smallest absolute Gasteiger partial charge is 0.0661 e. The molecule has 1 heterocycles. The molecule has 20 heavy (non-hydrogen) atoms. The zero-order valence-corrected chi connectivity index (χ0v) is 12.9. The normalized spacial score (nSPS) is 40.4. The molecule has 1 N–H and O–H groups in total. The molecule has 0 aromatic carbocycles. The van der Waals surface area contributed by atoms with Crippen molar-refractivity contribution in [2.45, 2.75) is 82.5 Å². The zero-order chi connectivity index (χ0) is 13.6. The third kappa shape index (κ3) is 2.22. The molecule has 4 aliphatic rings. The molecule has 4 rings (SSSR count). The summed E-state index contributed by atoms with van der Waals surface area (Å²) >= 11 is 0. The molecular formula is C17H30N2O. The first-order valence-corrected chi connectivity index (χ1v) is 8.93. The van der Waals surface area contributed by atoms with Crippen LogP contribution in [-0.4, -0.2) is 48.8 Å². The fraction of sp³-hybridized carbons (Fsp3) is 1.00. The SMILES string of the molecule is CCOC1CC(NC2CCN(C3CC3)C2)C12CCCC2. The summed E-state index contributed by atoms with van der Waals surface area (Å²) in [5.41, 5.74) is 0.503. The molecule has 3 unspecified atom stereocenters. The number of hydrogen-bond acceptors (Lipinski definition) is 3. The highest BCUT2D eigenvalue weighted by atomic mass is 16.5. The zero-order valence-electron chi connectivity index (χ0n) is 12.9. The molecule has 0 amide bonds. The Kier molecular flexibility index (Phi) is 3.56. The van der Waals surface area contributed by atoms with E-state index in [9.17, 15) is 0 Å². The Hall–Kier alpha value is -0.120. The fourth-order valence-corrected chi connectivity index (χ4v) is 5.10. The molecule has 114 valence electrons. The van der Waals surface area contributed by atoms with Crippen molar-refractivity contribution >= 4 is 0 Å². The van der Waals surface area contributed by atoms with E-state index in [2.05, 4.69) is 17.1 Å². The van der Waals surface area contributed by atoms with Crippen molar-refractivity contribution in [1.82, 2.24) is 10.2 Å². The van der Waals surface area contributed by atoms with Crippen LogP contribution in [0.2, 0.25) is 0 Å². The molecular weight excluding hydrogens is 248 g/mol. The van der Waals surface area contributed by atoms with Gasteiger partial charge in [0.15, 0.2) is 0 Å². The standard InChI is InChI=1S/C17H30N2O/c1-2-20-16-11-15(17(16)8-3-4-9-17)18-13-7-10-19(12-13)14-5-6-14/h13-16,18H,2-12H2,1H3. The molecule has 1 aliphatic heterocycles. The van der Waals surface area contributed by atoms with E-state index in [-0.39, 0.29) is 0 Å². The first-order valence-electron chi connectivity index (χ1n) is 8.93. The second kappa shape index (κ2) is 5.26. The Morgan fingerprint density at radius 1 is 1.20 bits per heavy atom. The second-order valence-electron chi connectivity index (χ2n) is 7.55. The molecule has 3 atom stereocenters. The van der Waals surface area contributed by atoms with Crippen LogP contribution in [-0.2, 0) is 4.74 Å². The van der Waals surface area contributed by atoms with Gasteiger partial charge in [-0.3, -0.25) is 4.90 Å². The number of nitrogens with one attached hydrogen (secondary N) is 1. The van der Waals surface area contributed by atoms with E-state index in [1.54, 1.807) is 0 Å². The van der Waals surface area contributed by atoms with Crippen LogP contribution in [0.25, 0.3) is 0 Å². The maximum atomic E-state index is 6.03. The van der Waals surface area contributed by atoms with Crippen LogP contribution in [0.5, 0.6) is 0 Å². The summed E-state index contributed by atoms with van der Waals surface area (Å²) in [6, 6.07) is 2.44. The summed E-state index contributed by atoms with van der Waals surface area (Å²) in [7, 11) is 0. The minimum atomic E-state index is 0.503. The van der Waals surface area contributed by atoms with Crippen molar-refractivity contribution in [3.05, 3.63) is 0 Å². The lowest BCUT2D eigenvalue weighted by Gasteiger charge is -2.55. The molecule has 3 aliphatic carbocycles. The summed E-state index contributed by atoms with van der Waals surface area (Å²) in [5, 5.41) is 4.03. The molecule has 3 saturated carbocycles. The van der Waals surface area contributed by atoms with Gasteiger partial charge in [-0.15, -0.1) is 0 Å². The Morgan fingerprint density at radius 3 is 2.70 bits per heavy atom. The van der Waals surface area contributed by atoms with Crippen molar-refractivity contribution in [2.24, 2.45) is 5.41 Å². The number of rotatable bonds is 5. The predicted octanol–water partition coefficient (Wildman–Crippen LogP) is 2.55. The number of hydrogen-bond donors (Lipinski definition) is 1. The summed E-state index contributed by atoms with van der Waals surface area (Å²) in [6.45, 7) is 5.67. The second-order valence-corrected chi connectivity index (χ2v) is 7.55. The third-order valence-corrected chi connectivity index (χ3v) is 6.41. The molecule has 0 aromatic heterocycles. The van der Waals surface area contributed by atoms with Gasteiger partial charge in [-0.1, -0.05) is 12.8 Å². The van der Waals surface area contributed by atoms with Gasteiger partial charge in [-0.25, -0.2) is 0 Å². The third-order valence-electron chi connectivity index (χ3n) is 6.41. The lowest BCUT2D eigenvalue weighted by molar-refractivity contribution is -0.132. The van der Waals surface area contributed by atoms with Crippen molar-refractivity contribution in [3.63, 3.8) is 0 Å². The van der Waals surface area contributed by atoms with E-state index >= 15 is 0 Å². The first kappa shape index (κ1) is 13.5. The number of likely N-dealkylation sites (tertiary alicyclic amines) is 1. The van der Waals surface area contributed by atoms with Crippen LogP contribution in [0.1, 0.15) is 58.3 Å². The van der Waals surface area contributed by atoms with Crippen LogP contribution in [0.15, 0.2) is 0 Å². The van der Waals surface area contributed by atoms with Gasteiger partial charge in [0.05, 0.1) is 6.10 Å². The molecule has 4 fully saturated rings. The Balaban J connectivity index is 1.34. The molecule has 0 radical (unpaired) electrons. The molecule has 3 nitrogen and oxygen atoms in total. The summed E-state index contributed by atoms with van der Waals surface area (Å²) in [4.78, 5) is 2.72. The van der Waals surface area contributed by atoms with E-state index in [1.165, 1.54) is 64.5 Å². The number of nitrogens with zero attached hydrogens (tertiary/aromatic N) is 1. The van der Waals surface area contributed by atoms with Crippen molar-refractivity contribution in [1.29, 1.82) is 0 Å². The maximum absolute atomic E-state index is 6.03. The minimum Gasteiger partial charge on any atom is -0.378 e. The van der Waals surface area contributed by atoms with E-state index in [4.69, 9.17) is 4.74 Å². The van der Waals surface area contributed by atoms with Crippen LogP contribution in [0, 0.1) is 5.41 Å². The molecule has 3 heteroatoms. The summed E-state index contributed by atoms with van der Waals surface area (Å²) in [6.07, 6.45) is 11.7. The molecule has 1 saturated heterocycles. The van der Waals surface area contributed by atoms with E-state index in [0.29, 0.717) is 11.5 Å². The lowest BCUT2D eigenvalue weighted by Crippen LogP contribution is -2.64. The monoisotopic (exact) mass is 278 g/mol. The minimum absolute atomic E-state index is 0.503. The predicted molar refractivity (Wildman–Crippen MR) is 80.9 cm³/mol. The Morgan fingerprint density at radius 2 is 2.00 bits per heavy atom. The van der Waals surface area contributed by atoms with E-state index in [0.717, 1.165) is 24.7 Å². The molecule has 0 bridgehead atoms. The van der Waals surface area contributed by atoms with Gasteiger partial charge >= 0.3 is 0 Å². The van der Waals surface area contributed by atoms with Crippen LogP contribution < -0.4 is 5.32 Å². The van der Waals surface area contributed by atoms with Gasteiger partial charge in [-0.05, 0) is 45.4 Å². The quantitative estimate of drug-likeness (QED) is 0.836. The van der Waals surface area contributed by atoms with Gasteiger partial charge < -0.3 is 10.1 Å². The number of ether oxygens (including phenoxy) is 1. The van der Waals surface area contributed by atoms with Crippen molar-refractivity contribution in [2.75, 3.05) is 19.7 Å². The lowest BCUT2D eigenvalue weighted by atomic mass is 9.60. The van der Waals surface area contributed by atoms with E-state index in [1.807, 2.05) is 0 Å². The van der Waals surface area contributed by atoms with Crippen LogP contribution in [0.4, 0.5) is 0 Å². The average molecular weight is 278 g/mol. The largest absolute Gasteiger partial charge is 0.378 e. The summed E-state index contributed by atoms with van der Waals surface area (Å²) < 4.78 is 6.03. The summed E-state index contributed by atoms with van der Waals surface area (Å²) in [5.74, 6) is 0. The fourth-order valence-electron chi connectivity index (χ4n) is 5.10. The first-order chi connectivity index (χ1) is 9.82. The topological polar surface area (TPSA) is 24.5 Å². The highest BCUT2D eigenvalue weighted by molar-refractivity contribution is 5.11. The highest BCUT2D eigenvalue weighted by Crippen LogP contribution is 2.55. The van der Waals surface area contributed by atoms with E-state index < -0.39 is 0 Å². The highest BCUT2D eigenvalue weighted by Gasteiger charge is 2.57. The van der Waals surface area contributed by atoms with Crippen molar-refractivity contribution < 1.29 is 4.74 Å². The average Bonchev–Trinajstić information content (AvgIpc) is 2.99. The van der Waals surface area contributed by atoms with Gasteiger partial charge in [0.2, 0.25) is 0 Å². The Bertz CT molecular complexity index is 349. The molecule has 1 spiro atoms. The molecule has 0 aromatic rings. The van der Waals surface area contributed by atoms with Gasteiger partial charge in [0.25, 0.3) is 0 Å². The van der Waals surface area contributed by atoms with Gasteiger partial charge in [0, 0.05) is 43.2 Å². The van der Waals surface area contributed by atoms with Crippen LogP contribution >= 0.6 is 0 Å². The van der Waals surface area contributed by atoms with Crippen LogP contribution in [0.3, 0.4) is 0 Å². The Labute approximate surface area is 123 Å². The van der Waals surface area contributed by atoms with Crippen molar-refractivity contribution in [3.8, 4) is 0 Å². The van der Waals surface area contributed by atoms with Gasteiger partial charge in [0.1, 0.15) is 0 Å². The maximum Gasteiger partial charge on any atom is 0.0661 e. The van der Waals surface area contributed by atoms with Gasteiger partial charge in [-0.2, -0.15) is 0 Å².